The van der Waals surface area contributed by atoms with E-state index >= 15 is 0 Å². The maximum Gasteiger partial charge on any atom is 0.326 e. The molecule has 1 heterocycles. The number of amides is 3. The Hall–Kier alpha value is -2.25. The molecule has 1 aromatic carbocycles. The number of rotatable bonds is 5. The van der Waals surface area contributed by atoms with Gasteiger partial charge >= 0.3 is 6.03 Å². The number of imide groups is 1. The van der Waals surface area contributed by atoms with E-state index in [1.807, 2.05) is 24.6 Å². The van der Waals surface area contributed by atoms with E-state index in [1.165, 1.54) is 23.1 Å². The molecule has 2 aromatic rings. The van der Waals surface area contributed by atoms with Crippen LogP contribution < -0.4 is 15.5 Å². The van der Waals surface area contributed by atoms with E-state index in [2.05, 4.69) is 10.6 Å². The SMILES string of the molecule is C[NH+](CC(=O)NC(=O)Nc1ccccc1F)Cc1cccs1. The third kappa shape index (κ3) is 4.94. The van der Waals surface area contributed by atoms with E-state index in [-0.39, 0.29) is 12.2 Å². The highest BCUT2D eigenvalue weighted by Gasteiger charge is 2.14. The summed E-state index contributed by atoms with van der Waals surface area (Å²) in [4.78, 5) is 25.6. The Labute approximate surface area is 131 Å². The molecule has 0 bridgehead atoms. The predicted molar refractivity (Wildman–Crippen MR) is 83.3 cm³/mol. The summed E-state index contributed by atoms with van der Waals surface area (Å²) in [5, 5.41) is 6.48. The van der Waals surface area contributed by atoms with Gasteiger partial charge in [-0.25, -0.2) is 9.18 Å². The molecule has 3 amide bonds. The number of quaternary nitrogens is 1. The van der Waals surface area contributed by atoms with Crippen LogP contribution in [0.5, 0.6) is 0 Å². The minimum Gasteiger partial charge on any atom is -0.325 e. The molecule has 0 aliphatic carbocycles. The van der Waals surface area contributed by atoms with Crippen LogP contribution in [0.2, 0.25) is 0 Å². The van der Waals surface area contributed by atoms with Gasteiger partial charge in [0.2, 0.25) is 0 Å². The molecule has 1 atom stereocenters. The maximum absolute atomic E-state index is 13.4. The molecular formula is C15H17FN3O2S+. The Balaban J connectivity index is 1.79. The molecule has 0 aliphatic heterocycles. The quantitative estimate of drug-likeness (QED) is 0.776. The van der Waals surface area contributed by atoms with Crippen molar-refractivity contribution >= 4 is 29.0 Å². The fourth-order valence-corrected chi connectivity index (χ4v) is 2.75. The third-order valence-electron chi connectivity index (χ3n) is 2.89. The lowest BCUT2D eigenvalue weighted by Crippen LogP contribution is -3.08. The second kappa shape index (κ2) is 7.67. The molecule has 22 heavy (non-hydrogen) atoms. The summed E-state index contributed by atoms with van der Waals surface area (Å²) in [5.41, 5.74) is 0.0343. The average Bonchev–Trinajstić information content (AvgIpc) is 2.93. The van der Waals surface area contributed by atoms with Crippen LogP contribution in [0.25, 0.3) is 0 Å². The molecule has 7 heteroatoms. The van der Waals surface area contributed by atoms with Crippen LogP contribution in [-0.4, -0.2) is 25.5 Å². The minimum absolute atomic E-state index is 0.0343. The van der Waals surface area contributed by atoms with Crippen molar-refractivity contribution in [3.63, 3.8) is 0 Å². The third-order valence-corrected chi connectivity index (χ3v) is 3.77. The van der Waals surface area contributed by atoms with Crippen molar-refractivity contribution in [2.45, 2.75) is 6.54 Å². The first-order valence-electron chi connectivity index (χ1n) is 6.73. The molecule has 2 rings (SSSR count). The number of benzene rings is 1. The van der Waals surface area contributed by atoms with Crippen molar-refractivity contribution in [3.8, 4) is 0 Å². The van der Waals surface area contributed by atoms with Gasteiger partial charge in [0.05, 0.1) is 17.6 Å². The van der Waals surface area contributed by atoms with Gasteiger partial charge in [0, 0.05) is 0 Å². The molecule has 1 aromatic heterocycles. The number of hydrogen-bond donors (Lipinski definition) is 3. The molecule has 0 spiro atoms. The summed E-state index contributed by atoms with van der Waals surface area (Å²) in [7, 11) is 1.87. The van der Waals surface area contributed by atoms with E-state index in [0.29, 0.717) is 6.54 Å². The van der Waals surface area contributed by atoms with E-state index in [4.69, 9.17) is 0 Å². The highest BCUT2D eigenvalue weighted by atomic mass is 32.1. The Morgan fingerprint density at radius 2 is 2.00 bits per heavy atom. The summed E-state index contributed by atoms with van der Waals surface area (Å²) in [6.45, 7) is 0.864. The molecule has 0 aliphatic rings. The molecule has 0 fully saturated rings. The highest BCUT2D eigenvalue weighted by Crippen LogP contribution is 2.11. The Morgan fingerprint density at radius 1 is 1.23 bits per heavy atom. The van der Waals surface area contributed by atoms with E-state index in [1.54, 1.807) is 17.4 Å². The zero-order chi connectivity index (χ0) is 15.9. The van der Waals surface area contributed by atoms with Gasteiger partial charge in [0.25, 0.3) is 5.91 Å². The monoisotopic (exact) mass is 322 g/mol. The van der Waals surface area contributed by atoms with E-state index < -0.39 is 17.8 Å². The second-order valence-electron chi connectivity index (χ2n) is 4.87. The van der Waals surface area contributed by atoms with Crippen LogP contribution in [0, 0.1) is 5.82 Å². The lowest BCUT2D eigenvalue weighted by Gasteiger charge is -2.12. The summed E-state index contributed by atoms with van der Waals surface area (Å²) in [6.07, 6.45) is 0. The van der Waals surface area contributed by atoms with Crippen LogP contribution in [-0.2, 0) is 11.3 Å². The molecule has 3 N–H and O–H groups in total. The molecular weight excluding hydrogens is 305 g/mol. The van der Waals surface area contributed by atoms with Gasteiger partial charge in [-0.3, -0.25) is 10.1 Å². The number of halogens is 1. The summed E-state index contributed by atoms with van der Waals surface area (Å²) in [6, 6.07) is 8.99. The molecule has 5 nitrogen and oxygen atoms in total. The van der Waals surface area contributed by atoms with Gasteiger partial charge in [0.15, 0.2) is 6.54 Å². The smallest absolute Gasteiger partial charge is 0.325 e. The zero-order valence-corrected chi connectivity index (χ0v) is 12.9. The van der Waals surface area contributed by atoms with Crippen LogP contribution in [0.3, 0.4) is 0 Å². The number of carbonyl (C=O) groups excluding carboxylic acids is 2. The van der Waals surface area contributed by atoms with Gasteiger partial charge in [-0.15, -0.1) is 11.3 Å². The molecule has 0 saturated carbocycles. The minimum atomic E-state index is -0.737. The van der Waals surface area contributed by atoms with Crippen LogP contribution in [0.15, 0.2) is 41.8 Å². The Bertz CT molecular complexity index is 646. The van der Waals surface area contributed by atoms with Gasteiger partial charge in [-0.05, 0) is 23.6 Å². The van der Waals surface area contributed by atoms with E-state index in [9.17, 15) is 14.0 Å². The number of carbonyl (C=O) groups is 2. The maximum atomic E-state index is 13.4. The predicted octanol–water partition coefficient (Wildman–Crippen LogP) is 1.25. The summed E-state index contributed by atoms with van der Waals surface area (Å²) < 4.78 is 13.4. The number of hydrogen-bond acceptors (Lipinski definition) is 3. The van der Waals surface area contributed by atoms with Crippen molar-refractivity contribution < 1.29 is 18.9 Å². The lowest BCUT2D eigenvalue weighted by atomic mass is 10.3. The molecule has 1 unspecified atom stereocenters. The topological polar surface area (TPSA) is 62.6 Å². The summed E-state index contributed by atoms with van der Waals surface area (Å²) >= 11 is 1.62. The molecule has 0 radical (unpaired) electrons. The second-order valence-corrected chi connectivity index (χ2v) is 5.90. The number of nitrogens with one attached hydrogen (secondary N) is 3. The van der Waals surface area contributed by atoms with Crippen LogP contribution >= 0.6 is 11.3 Å². The number of urea groups is 1. The first-order chi connectivity index (χ1) is 10.5. The first kappa shape index (κ1) is 16.1. The average molecular weight is 322 g/mol. The largest absolute Gasteiger partial charge is 0.326 e. The number of likely N-dealkylation sites (N-methyl/N-ethyl adjacent to an activating group) is 1. The fourth-order valence-electron chi connectivity index (χ4n) is 1.93. The fraction of sp³-hybridized carbons (Fsp3) is 0.200. The van der Waals surface area contributed by atoms with Gasteiger partial charge < -0.3 is 10.2 Å². The van der Waals surface area contributed by atoms with Crippen LogP contribution in [0.1, 0.15) is 4.88 Å². The Kier molecular flexibility index (Phi) is 5.62. The van der Waals surface area contributed by atoms with E-state index in [0.717, 1.165) is 4.90 Å². The highest BCUT2D eigenvalue weighted by molar-refractivity contribution is 7.09. The van der Waals surface area contributed by atoms with Gasteiger partial charge in [-0.2, -0.15) is 0 Å². The van der Waals surface area contributed by atoms with Crippen molar-refractivity contribution in [2.24, 2.45) is 0 Å². The van der Waals surface area contributed by atoms with Crippen LogP contribution in [0.4, 0.5) is 14.9 Å². The molecule has 0 saturated heterocycles. The van der Waals surface area contributed by atoms with Crippen molar-refractivity contribution in [1.82, 2.24) is 5.32 Å². The normalized spacial score (nSPS) is 11.7. The van der Waals surface area contributed by atoms with Gasteiger partial charge in [0.1, 0.15) is 12.4 Å². The summed E-state index contributed by atoms with van der Waals surface area (Å²) in [5.74, 6) is -0.964. The number of anilines is 1. The van der Waals surface area contributed by atoms with Gasteiger partial charge in [-0.1, -0.05) is 18.2 Å². The van der Waals surface area contributed by atoms with Crippen molar-refractivity contribution in [2.75, 3.05) is 18.9 Å². The van der Waals surface area contributed by atoms with Crippen molar-refractivity contribution in [3.05, 3.63) is 52.5 Å². The number of thiophene rings is 1. The Morgan fingerprint density at radius 3 is 2.68 bits per heavy atom. The lowest BCUT2D eigenvalue weighted by molar-refractivity contribution is -0.885. The molecule has 116 valence electrons. The standard InChI is InChI=1S/C15H16FN3O2S/c1-19(9-11-5-4-8-22-11)10-14(20)18-15(21)17-13-7-3-2-6-12(13)16/h2-8H,9-10H2,1H3,(H2,17,18,20,21)/p+1. The number of para-hydroxylation sites is 1. The van der Waals surface area contributed by atoms with Crippen molar-refractivity contribution in [1.29, 1.82) is 0 Å². The first-order valence-corrected chi connectivity index (χ1v) is 7.61. The zero-order valence-electron chi connectivity index (χ0n) is 12.1.